The van der Waals surface area contributed by atoms with E-state index in [-0.39, 0.29) is 5.75 Å². The normalized spacial score (nSPS) is 16.5. The third kappa shape index (κ3) is 3.10. The van der Waals surface area contributed by atoms with Gasteiger partial charge in [-0.2, -0.15) is 4.31 Å². The number of fused-ring (bicyclic) bond motifs is 1. The summed E-state index contributed by atoms with van der Waals surface area (Å²) < 4.78 is 25.9. The van der Waals surface area contributed by atoms with Gasteiger partial charge in [0, 0.05) is 13.1 Å². The molecule has 1 heterocycles. The van der Waals surface area contributed by atoms with E-state index in [9.17, 15) is 8.42 Å². The van der Waals surface area contributed by atoms with Gasteiger partial charge in [-0.1, -0.05) is 24.3 Å². The highest BCUT2D eigenvalue weighted by atomic mass is 32.2. The van der Waals surface area contributed by atoms with Gasteiger partial charge in [0.1, 0.15) is 0 Å². The van der Waals surface area contributed by atoms with Crippen LogP contribution in [0.3, 0.4) is 0 Å². The molecule has 0 saturated heterocycles. The van der Waals surface area contributed by atoms with Crippen LogP contribution in [0.5, 0.6) is 0 Å². The molecule has 0 unspecified atom stereocenters. The highest BCUT2D eigenvalue weighted by Gasteiger charge is 2.25. The van der Waals surface area contributed by atoms with Crippen LogP contribution in [0.15, 0.2) is 24.3 Å². The van der Waals surface area contributed by atoms with Crippen molar-refractivity contribution in [2.24, 2.45) is 5.73 Å². The van der Waals surface area contributed by atoms with E-state index in [1.165, 1.54) is 5.56 Å². The summed E-state index contributed by atoms with van der Waals surface area (Å²) in [4.78, 5) is 0. The zero-order valence-corrected chi connectivity index (χ0v) is 11.3. The van der Waals surface area contributed by atoms with Crippen LogP contribution in [0, 0.1) is 0 Å². The average Bonchev–Trinajstić information content (AvgIpc) is 2.38. The van der Waals surface area contributed by atoms with Gasteiger partial charge in [-0.05, 0) is 36.9 Å². The van der Waals surface area contributed by atoms with Crippen LogP contribution in [0.2, 0.25) is 0 Å². The van der Waals surface area contributed by atoms with Crippen LogP contribution in [0.4, 0.5) is 0 Å². The first-order chi connectivity index (χ1) is 8.63. The first-order valence-electron chi connectivity index (χ1n) is 6.38. The molecule has 1 aromatic rings. The molecule has 18 heavy (non-hydrogen) atoms. The minimum atomic E-state index is -3.12. The lowest BCUT2D eigenvalue weighted by Gasteiger charge is -2.28. The third-order valence-corrected chi connectivity index (χ3v) is 5.25. The Hall–Kier alpha value is -0.910. The molecular weight excluding hydrogens is 248 g/mol. The van der Waals surface area contributed by atoms with Gasteiger partial charge in [-0.3, -0.25) is 0 Å². The van der Waals surface area contributed by atoms with Crippen molar-refractivity contribution in [2.45, 2.75) is 25.8 Å². The van der Waals surface area contributed by atoms with E-state index in [0.717, 1.165) is 18.4 Å². The Balaban J connectivity index is 2.04. The quantitative estimate of drug-likeness (QED) is 0.814. The molecule has 2 rings (SSSR count). The molecule has 1 aliphatic rings. The van der Waals surface area contributed by atoms with Crippen molar-refractivity contribution in [1.82, 2.24) is 4.31 Å². The van der Waals surface area contributed by atoms with E-state index in [1.807, 2.05) is 18.2 Å². The molecule has 100 valence electrons. The summed E-state index contributed by atoms with van der Waals surface area (Å²) in [6, 6.07) is 8.05. The summed E-state index contributed by atoms with van der Waals surface area (Å²) in [5.41, 5.74) is 7.79. The lowest BCUT2D eigenvalue weighted by molar-refractivity contribution is 0.390. The van der Waals surface area contributed by atoms with Crippen LogP contribution < -0.4 is 5.73 Å². The second-order valence-corrected chi connectivity index (χ2v) is 6.75. The van der Waals surface area contributed by atoms with E-state index >= 15 is 0 Å². The van der Waals surface area contributed by atoms with Crippen LogP contribution >= 0.6 is 0 Å². The Morgan fingerprint density at radius 3 is 2.61 bits per heavy atom. The number of nitrogens with zero attached hydrogens (tertiary/aromatic N) is 1. The molecule has 0 bridgehead atoms. The Morgan fingerprint density at radius 1 is 1.17 bits per heavy atom. The summed E-state index contributed by atoms with van der Waals surface area (Å²) in [7, 11) is -3.12. The molecule has 0 spiro atoms. The molecule has 0 atom stereocenters. The SMILES string of the molecule is NCCCCS(=O)(=O)N1CCc2ccccc2C1. The van der Waals surface area contributed by atoms with Crippen LogP contribution in [0.1, 0.15) is 24.0 Å². The minimum Gasteiger partial charge on any atom is -0.330 e. The Morgan fingerprint density at radius 2 is 1.89 bits per heavy atom. The largest absolute Gasteiger partial charge is 0.330 e. The van der Waals surface area contributed by atoms with Gasteiger partial charge in [0.25, 0.3) is 0 Å². The van der Waals surface area contributed by atoms with E-state index < -0.39 is 10.0 Å². The molecule has 4 nitrogen and oxygen atoms in total. The lowest BCUT2D eigenvalue weighted by atomic mass is 10.0. The fraction of sp³-hybridized carbons (Fsp3) is 0.538. The van der Waals surface area contributed by atoms with Crippen molar-refractivity contribution in [3.8, 4) is 0 Å². The first-order valence-corrected chi connectivity index (χ1v) is 7.99. The van der Waals surface area contributed by atoms with Gasteiger partial charge in [-0.25, -0.2) is 8.42 Å². The molecule has 2 N–H and O–H groups in total. The maximum atomic E-state index is 12.2. The van der Waals surface area contributed by atoms with Gasteiger partial charge in [0.2, 0.25) is 10.0 Å². The van der Waals surface area contributed by atoms with Crippen molar-refractivity contribution in [3.63, 3.8) is 0 Å². The van der Waals surface area contributed by atoms with Crippen molar-refractivity contribution < 1.29 is 8.42 Å². The molecule has 0 amide bonds. The topological polar surface area (TPSA) is 63.4 Å². The minimum absolute atomic E-state index is 0.215. The standard InChI is InChI=1S/C13H20N2O2S/c14-8-3-4-10-18(16,17)15-9-7-12-5-1-2-6-13(12)11-15/h1-2,5-6H,3-4,7-11,14H2. The second kappa shape index (κ2) is 5.82. The maximum absolute atomic E-state index is 12.2. The molecule has 0 aliphatic carbocycles. The number of benzene rings is 1. The summed E-state index contributed by atoms with van der Waals surface area (Å²) >= 11 is 0. The van der Waals surface area contributed by atoms with Crippen LogP contribution in [-0.2, 0) is 23.0 Å². The summed E-state index contributed by atoms with van der Waals surface area (Å²) in [5, 5.41) is 0. The molecule has 0 saturated carbocycles. The summed E-state index contributed by atoms with van der Waals surface area (Å²) in [6.07, 6.45) is 2.23. The molecule has 1 aromatic carbocycles. The number of sulfonamides is 1. The average molecular weight is 268 g/mol. The molecule has 0 aromatic heterocycles. The molecule has 0 radical (unpaired) electrons. The number of rotatable bonds is 5. The molecular formula is C13H20N2O2S. The van der Waals surface area contributed by atoms with Crippen molar-refractivity contribution in [3.05, 3.63) is 35.4 Å². The van der Waals surface area contributed by atoms with E-state index in [2.05, 4.69) is 6.07 Å². The maximum Gasteiger partial charge on any atom is 0.214 e. The van der Waals surface area contributed by atoms with E-state index in [1.54, 1.807) is 4.31 Å². The fourth-order valence-electron chi connectivity index (χ4n) is 2.27. The number of nitrogens with two attached hydrogens (primary N) is 1. The van der Waals surface area contributed by atoms with Gasteiger partial charge in [-0.15, -0.1) is 0 Å². The number of unbranched alkanes of at least 4 members (excludes halogenated alkanes) is 1. The number of hydrogen-bond acceptors (Lipinski definition) is 3. The smallest absolute Gasteiger partial charge is 0.214 e. The van der Waals surface area contributed by atoms with Crippen molar-refractivity contribution in [1.29, 1.82) is 0 Å². The monoisotopic (exact) mass is 268 g/mol. The predicted octanol–water partition coefficient (Wildman–Crippen LogP) is 1.11. The Bertz CT molecular complexity index is 499. The summed E-state index contributed by atoms with van der Waals surface area (Å²) in [5.74, 6) is 0.215. The first kappa shape index (κ1) is 13.5. The second-order valence-electron chi connectivity index (χ2n) is 4.66. The zero-order valence-electron chi connectivity index (χ0n) is 10.5. The highest BCUT2D eigenvalue weighted by Crippen LogP contribution is 2.21. The zero-order chi connectivity index (χ0) is 13.0. The van der Waals surface area contributed by atoms with Gasteiger partial charge >= 0.3 is 0 Å². The van der Waals surface area contributed by atoms with Gasteiger partial charge in [0.15, 0.2) is 0 Å². The van der Waals surface area contributed by atoms with Crippen LogP contribution in [0.25, 0.3) is 0 Å². The van der Waals surface area contributed by atoms with Crippen molar-refractivity contribution in [2.75, 3.05) is 18.8 Å². The van der Waals surface area contributed by atoms with Crippen LogP contribution in [-0.4, -0.2) is 31.6 Å². The van der Waals surface area contributed by atoms with E-state index in [0.29, 0.717) is 26.1 Å². The van der Waals surface area contributed by atoms with Gasteiger partial charge < -0.3 is 5.73 Å². The van der Waals surface area contributed by atoms with E-state index in [4.69, 9.17) is 5.73 Å². The number of hydrogen-bond donors (Lipinski definition) is 1. The molecule has 1 aliphatic heterocycles. The predicted molar refractivity (Wildman–Crippen MR) is 72.6 cm³/mol. The van der Waals surface area contributed by atoms with Gasteiger partial charge in [0.05, 0.1) is 5.75 Å². The highest BCUT2D eigenvalue weighted by molar-refractivity contribution is 7.89. The Labute approximate surface area is 109 Å². The summed E-state index contributed by atoms with van der Waals surface area (Å²) in [6.45, 7) is 1.67. The molecule has 0 fully saturated rings. The third-order valence-electron chi connectivity index (χ3n) is 3.35. The molecule has 5 heteroatoms. The lowest BCUT2D eigenvalue weighted by Crippen LogP contribution is -2.37. The fourth-order valence-corrected chi connectivity index (χ4v) is 3.80. The van der Waals surface area contributed by atoms with Crippen molar-refractivity contribution >= 4 is 10.0 Å². The Kier molecular flexibility index (Phi) is 4.37.